The highest BCUT2D eigenvalue weighted by Crippen LogP contribution is 2.34. The zero-order chi connectivity index (χ0) is 20.5. The van der Waals surface area contributed by atoms with E-state index in [4.69, 9.17) is 0 Å². The minimum atomic E-state index is -3.86. The average Bonchev–Trinajstić information content (AvgIpc) is 3.27. The SMILES string of the molecule is Cc1cc(C)c(S(=O)(=O)NC[C@H](c2cccs2)S(=O)(=O)c2cccs2)c(C)c1. The van der Waals surface area contributed by atoms with Crippen LogP contribution >= 0.6 is 22.7 Å². The lowest BCUT2D eigenvalue weighted by atomic mass is 10.1. The zero-order valence-corrected chi connectivity index (χ0v) is 18.9. The van der Waals surface area contributed by atoms with Gasteiger partial charge in [0.25, 0.3) is 0 Å². The van der Waals surface area contributed by atoms with Crippen molar-refractivity contribution in [1.82, 2.24) is 4.72 Å². The van der Waals surface area contributed by atoms with Gasteiger partial charge in [0.15, 0.2) is 9.84 Å². The molecule has 3 aromatic rings. The summed E-state index contributed by atoms with van der Waals surface area (Å²) in [5.41, 5.74) is 2.25. The third kappa shape index (κ3) is 4.23. The van der Waals surface area contributed by atoms with E-state index < -0.39 is 25.1 Å². The molecule has 0 spiro atoms. The van der Waals surface area contributed by atoms with Gasteiger partial charge in [0, 0.05) is 11.4 Å². The molecule has 0 aliphatic carbocycles. The number of hydrogen-bond acceptors (Lipinski definition) is 6. The number of benzene rings is 1. The molecule has 0 unspecified atom stereocenters. The van der Waals surface area contributed by atoms with E-state index in [-0.39, 0.29) is 15.6 Å². The monoisotopic (exact) mass is 455 g/mol. The van der Waals surface area contributed by atoms with E-state index in [9.17, 15) is 16.8 Å². The Morgan fingerprint density at radius 1 is 0.929 bits per heavy atom. The summed E-state index contributed by atoms with van der Waals surface area (Å²) in [7, 11) is -7.57. The predicted molar refractivity (Wildman–Crippen MR) is 114 cm³/mol. The molecule has 0 radical (unpaired) electrons. The lowest BCUT2D eigenvalue weighted by molar-refractivity contribution is 0.570. The minimum Gasteiger partial charge on any atom is -0.222 e. The summed E-state index contributed by atoms with van der Waals surface area (Å²) < 4.78 is 54.9. The van der Waals surface area contributed by atoms with Gasteiger partial charge in [-0.2, -0.15) is 0 Å². The minimum absolute atomic E-state index is 0.205. The van der Waals surface area contributed by atoms with Crippen LogP contribution in [0.15, 0.2) is 56.3 Å². The molecule has 3 rings (SSSR count). The molecule has 0 aliphatic heterocycles. The molecule has 1 N–H and O–H groups in total. The number of hydrogen-bond donors (Lipinski definition) is 1. The quantitative estimate of drug-likeness (QED) is 0.578. The van der Waals surface area contributed by atoms with Gasteiger partial charge in [0.1, 0.15) is 9.46 Å². The van der Waals surface area contributed by atoms with Gasteiger partial charge in [-0.1, -0.05) is 29.8 Å². The molecule has 150 valence electrons. The van der Waals surface area contributed by atoms with Crippen molar-refractivity contribution in [2.24, 2.45) is 0 Å². The molecule has 0 aliphatic rings. The molecular formula is C19H21NO4S4. The Labute approximate surface area is 174 Å². The van der Waals surface area contributed by atoms with Crippen LogP contribution in [-0.4, -0.2) is 23.4 Å². The molecule has 2 heterocycles. The maximum Gasteiger partial charge on any atom is 0.241 e. The lowest BCUT2D eigenvalue weighted by Crippen LogP contribution is -2.32. The molecule has 28 heavy (non-hydrogen) atoms. The maximum atomic E-state index is 13.1. The van der Waals surface area contributed by atoms with E-state index in [1.54, 1.807) is 61.0 Å². The van der Waals surface area contributed by atoms with Crippen molar-refractivity contribution in [3.8, 4) is 0 Å². The van der Waals surface area contributed by atoms with Crippen molar-refractivity contribution in [3.63, 3.8) is 0 Å². The van der Waals surface area contributed by atoms with Crippen LogP contribution in [-0.2, 0) is 19.9 Å². The third-order valence-corrected chi connectivity index (χ3v) is 10.7. The molecule has 0 amide bonds. The number of nitrogens with one attached hydrogen (secondary N) is 1. The summed E-state index contributed by atoms with van der Waals surface area (Å²) in [5, 5.41) is 2.50. The lowest BCUT2D eigenvalue weighted by Gasteiger charge is -2.18. The van der Waals surface area contributed by atoms with Crippen LogP contribution in [0.2, 0.25) is 0 Å². The van der Waals surface area contributed by atoms with Gasteiger partial charge in [0.2, 0.25) is 10.0 Å². The molecule has 0 fully saturated rings. The van der Waals surface area contributed by atoms with Crippen LogP contribution in [0, 0.1) is 20.8 Å². The summed E-state index contributed by atoms with van der Waals surface area (Å²) >= 11 is 2.43. The first kappa shape index (κ1) is 21.2. The van der Waals surface area contributed by atoms with Crippen molar-refractivity contribution in [3.05, 3.63) is 68.7 Å². The Morgan fingerprint density at radius 3 is 2.07 bits per heavy atom. The first-order valence-electron chi connectivity index (χ1n) is 8.51. The molecule has 9 heteroatoms. The largest absolute Gasteiger partial charge is 0.241 e. The Hall–Kier alpha value is -1.52. The molecule has 1 atom stereocenters. The zero-order valence-electron chi connectivity index (χ0n) is 15.7. The predicted octanol–water partition coefficient (Wildman–Crippen LogP) is 4.23. The highest BCUT2D eigenvalue weighted by atomic mass is 32.2. The van der Waals surface area contributed by atoms with Crippen molar-refractivity contribution in [2.75, 3.05) is 6.54 Å². The summed E-state index contributed by atoms with van der Waals surface area (Å²) in [6.45, 7) is 5.17. The van der Waals surface area contributed by atoms with Gasteiger partial charge in [-0.3, -0.25) is 0 Å². The number of sulfonamides is 1. The Bertz CT molecular complexity index is 1140. The summed E-state index contributed by atoms with van der Waals surface area (Å²) in [6, 6.07) is 10.3. The summed E-state index contributed by atoms with van der Waals surface area (Å²) in [5.74, 6) is 0. The third-order valence-electron chi connectivity index (χ3n) is 4.34. The second kappa shape index (κ2) is 8.08. The fraction of sp³-hybridized carbons (Fsp3) is 0.263. The number of thiophene rings is 2. The van der Waals surface area contributed by atoms with Gasteiger partial charge < -0.3 is 0 Å². The molecule has 2 aromatic heterocycles. The van der Waals surface area contributed by atoms with Crippen molar-refractivity contribution in [2.45, 2.75) is 35.1 Å². The average molecular weight is 456 g/mol. The van der Waals surface area contributed by atoms with Crippen molar-refractivity contribution < 1.29 is 16.8 Å². The van der Waals surface area contributed by atoms with Gasteiger partial charge in [0.05, 0.1) is 4.90 Å². The second-order valence-electron chi connectivity index (χ2n) is 6.56. The van der Waals surface area contributed by atoms with E-state index in [1.165, 1.54) is 11.3 Å². The van der Waals surface area contributed by atoms with E-state index in [1.807, 2.05) is 6.92 Å². The van der Waals surface area contributed by atoms with E-state index >= 15 is 0 Å². The fourth-order valence-electron chi connectivity index (χ4n) is 3.25. The van der Waals surface area contributed by atoms with Crippen LogP contribution in [0.5, 0.6) is 0 Å². The molecular weight excluding hydrogens is 434 g/mol. The van der Waals surface area contributed by atoms with Crippen molar-refractivity contribution in [1.29, 1.82) is 0 Å². The Balaban J connectivity index is 1.95. The van der Waals surface area contributed by atoms with Gasteiger partial charge in [-0.25, -0.2) is 21.6 Å². The first-order valence-corrected chi connectivity index (χ1v) is 13.3. The number of rotatable bonds is 7. The highest BCUT2D eigenvalue weighted by molar-refractivity contribution is 7.94. The number of aryl methyl sites for hydroxylation is 3. The van der Waals surface area contributed by atoms with Gasteiger partial charge in [-0.05, 0) is 54.8 Å². The second-order valence-corrected chi connectivity index (χ2v) is 12.5. The summed E-state index contributed by atoms with van der Waals surface area (Å²) in [6.07, 6.45) is 0. The van der Waals surface area contributed by atoms with Gasteiger partial charge >= 0.3 is 0 Å². The standard InChI is InChI=1S/C19H21NO4S4/c1-13-10-14(2)19(15(3)11-13)28(23,24)20-12-17(16-6-4-8-25-16)27(21,22)18-7-5-9-26-18/h4-11,17,20H,12H2,1-3H3/t17-/m1/s1. The topological polar surface area (TPSA) is 80.3 Å². The van der Waals surface area contributed by atoms with Crippen LogP contribution < -0.4 is 4.72 Å². The first-order chi connectivity index (χ1) is 13.1. The highest BCUT2D eigenvalue weighted by Gasteiger charge is 2.32. The number of sulfone groups is 1. The molecule has 1 aromatic carbocycles. The van der Waals surface area contributed by atoms with E-state index in [0.29, 0.717) is 16.0 Å². The Morgan fingerprint density at radius 2 is 1.54 bits per heavy atom. The van der Waals surface area contributed by atoms with Crippen LogP contribution in [0.4, 0.5) is 0 Å². The van der Waals surface area contributed by atoms with E-state index in [0.717, 1.165) is 16.9 Å². The fourth-order valence-corrected chi connectivity index (χ4v) is 8.84. The summed E-state index contributed by atoms with van der Waals surface area (Å²) in [4.78, 5) is 0.810. The molecule has 5 nitrogen and oxygen atoms in total. The maximum absolute atomic E-state index is 13.1. The normalized spacial score (nSPS) is 13.5. The smallest absolute Gasteiger partial charge is 0.222 e. The van der Waals surface area contributed by atoms with Crippen molar-refractivity contribution >= 4 is 42.5 Å². The van der Waals surface area contributed by atoms with Crippen LogP contribution in [0.25, 0.3) is 0 Å². The molecule has 0 saturated carbocycles. The van der Waals surface area contributed by atoms with Crippen LogP contribution in [0.1, 0.15) is 26.8 Å². The Kier molecular flexibility index (Phi) is 6.11. The molecule has 0 saturated heterocycles. The van der Waals surface area contributed by atoms with Gasteiger partial charge in [-0.15, -0.1) is 22.7 Å². The van der Waals surface area contributed by atoms with E-state index in [2.05, 4.69) is 4.72 Å². The van der Waals surface area contributed by atoms with Crippen LogP contribution in [0.3, 0.4) is 0 Å². The molecule has 0 bridgehead atoms.